The minimum Gasteiger partial charge on any atom is -0.457 e. The van der Waals surface area contributed by atoms with E-state index in [2.05, 4.69) is 39.9 Å². The van der Waals surface area contributed by atoms with Crippen LogP contribution in [0.5, 0.6) is 11.5 Å². The zero-order valence-corrected chi connectivity index (χ0v) is 21.3. The van der Waals surface area contributed by atoms with Gasteiger partial charge in [-0.2, -0.15) is 0 Å². The summed E-state index contributed by atoms with van der Waals surface area (Å²) >= 11 is 0. The number of hydrogen-bond donors (Lipinski definition) is 1. The quantitative estimate of drug-likeness (QED) is 0.534. The van der Waals surface area contributed by atoms with E-state index in [1.807, 2.05) is 72.7 Å². The summed E-state index contributed by atoms with van der Waals surface area (Å²) in [6.07, 6.45) is 0.796. The fourth-order valence-corrected chi connectivity index (χ4v) is 2.80. The monoisotopic (exact) mass is 413 g/mol. The number of hydrogen-bond acceptors (Lipinski definition) is 2. The van der Waals surface area contributed by atoms with Crippen molar-refractivity contribution in [1.82, 2.24) is 0 Å². The van der Waals surface area contributed by atoms with Crippen LogP contribution in [-0.4, -0.2) is 5.91 Å². The Bertz CT molecular complexity index is 789. The molecule has 0 aliphatic carbocycles. The van der Waals surface area contributed by atoms with E-state index in [0.717, 1.165) is 23.6 Å². The molecule has 168 valence electrons. The summed E-state index contributed by atoms with van der Waals surface area (Å²) < 4.78 is 6.19. The fourth-order valence-electron chi connectivity index (χ4n) is 2.80. The highest BCUT2D eigenvalue weighted by atomic mass is 16.5. The summed E-state index contributed by atoms with van der Waals surface area (Å²) in [6.45, 7) is 24.6. The molecular weight excluding hydrogens is 370 g/mol. The third-order valence-corrected chi connectivity index (χ3v) is 5.76. The van der Waals surface area contributed by atoms with E-state index in [4.69, 9.17) is 4.74 Å². The maximum atomic E-state index is 12.3. The van der Waals surface area contributed by atoms with E-state index in [0.29, 0.717) is 0 Å². The van der Waals surface area contributed by atoms with Crippen molar-refractivity contribution >= 4 is 11.6 Å². The first-order valence-corrected chi connectivity index (χ1v) is 11.2. The molecule has 2 aromatic carbocycles. The maximum Gasteiger partial charge on any atom is 0.230 e. The predicted octanol–water partition coefficient (Wildman–Crippen LogP) is 8.45. The molecule has 0 unspecified atom stereocenters. The maximum absolute atomic E-state index is 12.3. The third-order valence-electron chi connectivity index (χ3n) is 5.76. The molecule has 3 heteroatoms. The molecule has 0 atom stereocenters. The van der Waals surface area contributed by atoms with E-state index in [9.17, 15) is 4.79 Å². The van der Waals surface area contributed by atoms with Gasteiger partial charge in [0.1, 0.15) is 11.5 Å². The van der Waals surface area contributed by atoms with Crippen molar-refractivity contribution in [3.8, 4) is 11.5 Å². The van der Waals surface area contributed by atoms with Gasteiger partial charge in [-0.25, -0.2) is 0 Å². The van der Waals surface area contributed by atoms with Crippen LogP contribution in [0, 0.1) is 40.0 Å². The summed E-state index contributed by atoms with van der Waals surface area (Å²) in [5.74, 6) is 1.73. The Labute approximate surface area is 185 Å². The molecule has 0 radical (unpaired) electrons. The topological polar surface area (TPSA) is 38.3 Å². The number of anilines is 1. The molecule has 2 rings (SSSR count). The molecule has 2 aromatic rings. The van der Waals surface area contributed by atoms with Gasteiger partial charge < -0.3 is 10.1 Å². The lowest BCUT2D eigenvalue weighted by atomic mass is 9.89. The molecular formula is C27H43NO2. The lowest BCUT2D eigenvalue weighted by molar-refractivity contribution is -0.124. The second-order valence-corrected chi connectivity index (χ2v) is 7.77. The molecule has 0 saturated carbocycles. The van der Waals surface area contributed by atoms with Gasteiger partial charge in [0.25, 0.3) is 0 Å². The Morgan fingerprint density at radius 1 is 0.800 bits per heavy atom. The molecule has 3 nitrogen and oxygen atoms in total. The smallest absolute Gasteiger partial charge is 0.230 e. The first-order chi connectivity index (χ1) is 14.1. The van der Waals surface area contributed by atoms with E-state index in [1.165, 1.54) is 27.8 Å². The normalized spacial score (nSPS) is 10.3. The Morgan fingerprint density at radius 3 is 1.60 bits per heavy atom. The first kappa shape index (κ1) is 27.7. The number of carbonyl (C=O) groups excluding carboxylic acids is 1. The highest BCUT2D eigenvalue weighted by Gasteiger charge is 2.25. The lowest BCUT2D eigenvalue weighted by Gasteiger charge is -2.21. The summed E-state index contributed by atoms with van der Waals surface area (Å²) in [4.78, 5) is 12.3. The average molecular weight is 414 g/mol. The van der Waals surface area contributed by atoms with Crippen LogP contribution in [0.1, 0.15) is 82.7 Å². The highest BCUT2D eigenvalue weighted by Crippen LogP contribution is 2.35. The molecule has 0 aliphatic heterocycles. The van der Waals surface area contributed by atoms with Crippen LogP contribution < -0.4 is 10.1 Å². The number of ether oxygens (including phenoxy) is 1. The number of carbonyl (C=O) groups is 1. The highest BCUT2D eigenvalue weighted by molar-refractivity contribution is 5.94. The average Bonchev–Trinajstić information content (AvgIpc) is 2.77. The summed E-state index contributed by atoms with van der Waals surface area (Å²) in [7, 11) is 0. The molecule has 1 N–H and O–H groups in total. The second kappa shape index (κ2) is 12.4. The number of benzene rings is 2. The Hall–Kier alpha value is -2.29. The Morgan fingerprint density at radius 2 is 1.20 bits per heavy atom. The summed E-state index contributed by atoms with van der Waals surface area (Å²) in [6, 6.07) is 7.57. The Kier molecular flexibility index (Phi) is 11.5. The van der Waals surface area contributed by atoms with Crippen molar-refractivity contribution in [3.63, 3.8) is 0 Å². The SMILES string of the molecule is CC.CC.CCC(C)(C)C(=O)Nc1ccc(Oc2c(C)c(C)c(C)c(C)c2C)cc1. The van der Waals surface area contributed by atoms with Crippen LogP contribution in [-0.2, 0) is 4.79 Å². The van der Waals surface area contributed by atoms with Gasteiger partial charge in [0.15, 0.2) is 0 Å². The van der Waals surface area contributed by atoms with Gasteiger partial charge in [0.05, 0.1) is 0 Å². The molecule has 0 fully saturated rings. The summed E-state index contributed by atoms with van der Waals surface area (Å²) in [5.41, 5.74) is 6.63. The molecule has 0 heterocycles. The van der Waals surface area contributed by atoms with E-state index >= 15 is 0 Å². The number of nitrogens with one attached hydrogen (secondary N) is 1. The van der Waals surface area contributed by atoms with Crippen molar-refractivity contribution < 1.29 is 9.53 Å². The van der Waals surface area contributed by atoms with E-state index < -0.39 is 0 Å². The zero-order chi connectivity index (χ0) is 23.6. The number of rotatable bonds is 5. The first-order valence-electron chi connectivity index (χ1n) is 11.2. The molecule has 0 saturated heterocycles. The minimum atomic E-state index is -0.375. The molecule has 1 amide bonds. The van der Waals surface area contributed by atoms with Crippen LogP contribution in [0.4, 0.5) is 5.69 Å². The van der Waals surface area contributed by atoms with Gasteiger partial charge in [0.2, 0.25) is 5.91 Å². The molecule has 0 aliphatic rings. The van der Waals surface area contributed by atoms with Gasteiger partial charge in [0, 0.05) is 11.1 Å². The van der Waals surface area contributed by atoms with E-state index in [1.54, 1.807) is 0 Å². The minimum absolute atomic E-state index is 0.0325. The van der Waals surface area contributed by atoms with Gasteiger partial charge in [-0.15, -0.1) is 0 Å². The van der Waals surface area contributed by atoms with Crippen molar-refractivity contribution in [2.24, 2.45) is 5.41 Å². The standard InChI is InChI=1S/C23H31NO2.2C2H6/c1-9-23(7,8)22(25)24-19-10-12-20(13-11-19)26-21-17(5)15(3)14(2)16(4)18(21)6;2*1-2/h10-13H,9H2,1-8H3,(H,24,25);2*1-2H3. The third kappa shape index (κ3) is 6.62. The van der Waals surface area contributed by atoms with Crippen LogP contribution in [0.25, 0.3) is 0 Å². The van der Waals surface area contributed by atoms with Crippen LogP contribution >= 0.6 is 0 Å². The van der Waals surface area contributed by atoms with Gasteiger partial charge in [-0.1, -0.05) is 48.5 Å². The van der Waals surface area contributed by atoms with E-state index in [-0.39, 0.29) is 11.3 Å². The van der Waals surface area contributed by atoms with Gasteiger partial charge in [-0.05, 0) is 93.1 Å². The largest absolute Gasteiger partial charge is 0.457 e. The van der Waals surface area contributed by atoms with Crippen molar-refractivity contribution in [1.29, 1.82) is 0 Å². The molecule has 0 spiro atoms. The zero-order valence-electron chi connectivity index (χ0n) is 21.3. The van der Waals surface area contributed by atoms with Crippen LogP contribution in [0.15, 0.2) is 24.3 Å². The van der Waals surface area contributed by atoms with Crippen LogP contribution in [0.2, 0.25) is 0 Å². The lowest BCUT2D eigenvalue weighted by Crippen LogP contribution is -2.29. The Balaban J connectivity index is 0.00000198. The van der Waals surface area contributed by atoms with Gasteiger partial charge >= 0.3 is 0 Å². The van der Waals surface area contributed by atoms with Crippen molar-refractivity contribution in [3.05, 3.63) is 52.1 Å². The van der Waals surface area contributed by atoms with Gasteiger partial charge in [-0.3, -0.25) is 4.79 Å². The molecule has 0 aromatic heterocycles. The van der Waals surface area contributed by atoms with Crippen molar-refractivity contribution in [2.75, 3.05) is 5.32 Å². The summed E-state index contributed by atoms with van der Waals surface area (Å²) in [5, 5.41) is 2.98. The predicted molar refractivity (Wildman–Crippen MR) is 132 cm³/mol. The molecule has 30 heavy (non-hydrogen) atoms. The molecule has 0 bridgehead atoms. The fraction of sp³-hybridized carbons (Fsp3) is 0.519. The second-order valence-electron chi connectivity index (χ2n) is 7.77. The van der Waals surface area contributed by atoms with Crippen LogP contribution in [0.3, 0.4) is 0 Å². The number of amides is 1. The van der Waals surface area contributed by atoms with Crippen molar-refractivity contribution in [2.45, 2.75) is 89.5 Å².